The second kappa shape index (κ2) is 21.1. The molecule has 0 bridgehead atoms. The molecule has 0 fully saturated rings. The molecule has 57 heavy (non-hydrogen) atoms. The van der Waals surface area contributed by atoms with Gasteiger partial charge in [0.2, 0.25) is 0 Å². The summed E-state index contributed by atoms with van der Waals surface area (Å²) in [4.78, 5) is 0. The van der Waals surface area contributed by atoms with Crippen LogP contribution in [-0.4, -0.2) is 5.11 Å². The third-order valence-corrected chi connectivity index (χ3v) is 21.6. The van der Waals surface area contributed by atoms with Crippen molar-refractivity contribution in [3.8, 4) is 0 Å². The Bertz CT molecular complexity index is 2180. The van der Waals surface area contributed by atoms with Crippen LogP contribution in [0, 0.1) is 0 Å². The summed E-state index contributed by atoms with van der Waals surface area (Å²) in [6.07, 6.45) is 0.816. The first kappa shape index (κ1) is 43.3. The van der Waals surface area contributed by atoms with Gasteiger partial charge in [0.25, 0.3) is 0 Å². The van der Waals surface area contributed by atoms with Gasteiger partial charge < -0.3 is 10.8 Å². The zero-order chi connectivity index (χ0) is 39.1. The number of nitrogens with two attached hydrogens (primary N) is 2. The summed E-state index contributed by atoms with van der Waals surface area (Å²) in [7, 11) is -0.446. The molecule has 8 aromatic rings. The second-order valence-corrected chi connectivity index (χ2v) is 24.4. The van der Waals surface area contributed by atoms with Crippen LogP contribution in [0.3, 0.4) is 0 Å². The molecule has 0 aromatic heterocycles. The van der Waals surface area contributed by atoms with Crippen LogP contribution in [-0.2, 0) is 12.8 Å². The van der Waals surface area contributed by atoms with E-state index in [4.69, 9.17) is 16.6 Å². The standard InChI is InChI=1S/C25H23BrNP.C18H15P.C7H9NO.BrH/c26-28(22-13-4-1-5-14-22,23-15-6-2-7-16-23,24-17-8-3-9-18-24)20-21-12-10-11-19-25(21)27;1-4-10-16(11-5-1)19(17-12-6-2-7-13-17)18-14-8-3-9-15-18;8-7-4-2-1-3-6(7)5-9;/h1-19H,20,27H2;1-15H;1-4,9H,5,8H2;1H. The summed E-state index contributed by atoms with van der Waals surface area (Å²) in [5.41, 5.74) is 15.3. The van der Waals surface area contributed by atoms with Crippen molar-refractivity contribution in [1.29, 1.82) is 0 Å². The Kier molecular flexibility index (Phi) is 16.0. The van der Waals surface area contributed by atoms with Crippen LogP contribution in [0.1, 0.15) is 11.1 Å². The van der Waals surface area contributed by atoms with Crippen molar-refractivity contribution in [3.63, 3.8) is 0 Å². The van der Waals surface area contributed by atoms with E-state index >= 15 is 0 Å². The fourth-order valence-electron chi connectivity index (χ4n) is 6.79. The van der Waals surface area contributed by atoms with Gasteiger partial charge in [-0.3, -0.25) is 0 Å². The van der Waals surface area contributed by atoms with E-state index in [0.717, 1.165) is 23.0 Å². The van der Waals surface area contributed by atoms with Crippen LogP contribution in [0.25, 0.3) is 0 Å². The molecule has 0 aliphatic carbocycles. The quantitative estimate of drug-likeness (QED) is 0.0998. The number of rotatable bonds is 9. The molecular weight excluding hydrogens is 866 g/mol. The number of halogens is 2. The van der Waals surface area contributed by atoms with Crippen LogP contribution < -0.4 is 43.3 Å². The fraction of sp³-hybridized carbons (Fsp3) is 0.0400. The SMILES string of the molecule is Br.Nc1ccccc1CO.Nc1ccccc1CP(Br)(c1ccccc1)(c1ccccc1)c1ccccc1.c1ccc(P(c2ccccc2)c2ccccc2)cc1. The van der Waals surface area contributed by atoms with E-state index in [0.29, 0.717) is 5.69 Å². The topological polar surface area (TPSA) is 72.3 Å². The first-order chi connectivity index (χ1) is 27.4. The molecule has 0 aliphatic heterocycles. The molecule has 7 heteroatoms. The van der Waals surface area contributed by atoms with Crippen molar-refractivity contribution in [2.45, 2.75) is 12.8 Å². The number of benzene rings is 8. The predicted octanol–water partition coefficient (Wildman–Crippen LogP) is 10.4. The van der Waals surface area contributed by atoms with Gasteiger partial charge in [0.1, 0.15) is 0 Å². The van der Waals surface area contributed by atoms with Crippen molar-refractivity contribution >= 4 is 88.9 Å². The fourth-order valence-corrected chi connectivity index (χ4v) is 16.8. The van der Waals surface area contributed by atoms with Crippen molar-refractivity contribution in [2.24, 2.45) is 0 Å². The molecule has 0 unspecified atom stereocenters. The largest absolute Gasteiger partial charge is 0.0622 e. The molecule has 0 saturated carbocycles. The Morgan fingerprint density at radius 2 is 0.649 bits per heavy atom. The Hall–Kier alpha value is -4.86. The third-order valence-electron chi connectivity index (χ3n) is 9.67. The van der Waals surface area contributed by atoms with Crippen LogP contribution in [0.5, 0.6) is 0 Å². The second-order valence-electron chi connectivity index (χ2n) is 13.2. The van der Waals surface area contributed by atoms with Gasteiger partial charge in [-0.05, 0) is 29.9 Å². The van der Waals surface area contributed by atoms with E-state index in [9.17, 15) is 0 Å². The van der Waals surface area contributed by atoms with E-state index in [-0.39, 0.29) is 23.6 Å². The van der Waals surface area contributed by atoms with Gasteiger partial charge in [-0.2, -0.15) is 0 Å². The summed E-state index contributed by atoms with van der Waals surface area (Å²) in [6, 6.07) is 80.2. The Labute approximate surface area is 357 Å². The maximum Gasteiger partial charge on any atom is -0.0134 e. The van der Waals surface area contributed by atoms with E-state index in [1.165, 1.54) is 31.8 Å². The Morgan fingerprint density at radius 1 is 0.386 bits per heavy atom. The average Bonchev–Trinajstić information content (AvgIpc) is 3.27. The maximum absolute atomic E-state index is 8.64. The zero-order valence-electron chi connectivity index (χ0n) is 31.6. The molecule has 0 heterocycles. The number of hydrogen-bond donors (Lipinski definition) is 3. The molecule has 0 radical (unpaired) electrons. The third kappa shape index (κ3) is 10.4. The van der Waals surface area contributed by atoms with Crippen molar-refractivity contribution < 1.29 is 5.11 Å². The summed E-state index contributed by atoms with van der Waals surface area (Å²) < 4.78 is 0. The van der Waals surface area contributed by atoms with Gasteiger partial charge in [-0.25, -0.2) is 0 Å². The van der Waals surface area contributed by atoms with Crippen molar-refractivity contribution in [2.75, 3.05) is 11.5 Å². The number of para-hydroxylation sites is 2. The first-order valence-electron chi connectivity index (χ1n) is 18.5. The Balaban J connectivity index is 0.000000184. The number of anilines is 2. The normalized spacial score (nSPS) is 11.3. The molecule has 0 atom stereocenters. The van der Waals surface area contributed by atoms with E-state index in [1.54, 1.807) is 12.1 Å². The van der Waals surface area contributed by atoms with Crippen molar-refractivity contribution in [3.05, 3.63) is 242 Å². The minimum atomic E-state index is -2.98. The molecule has 0 amide bonds. The molecule has 3 nitrogen and oxygen atoms in total. The van der Waals surface area contributed by atoms with Crippen LogP contribution >= 0.6 is 45.7 Å². The maximum atomic E-state index is 8.64. The molecule has 0 aliphatic rings. The van der Waals surface area contributed by atoms with Gasteiger partial charge in [-0.1, -0.05) is 109 Å². The smallest absolute Gasteiger partial charge is 0.0134 e. The summed E-state index contributed by atoms with van der Waals surface area (Å²) in [5.74, 6) is 0. The van der Waals surface area contributed by atoms with Gasteiger partial charge in [0.05, 0.1) is 6.61 Å². The zero-order valence-corrected chi connectivity index (χ0v) is 36.7. The monoisotopic (exact) mass is 912 g/mol. The van der Waals surface area contributed by atoms with Crippen LogP contribution in [0.2, 0.25) is 0 Å². The summed E-state index contributed by atoms with van der Waals surface area (Å²) >= 11 is 4.46. The van der Waals surface area contributed by atoms with Crippen LogP contribution in [0.4, 0.5) is 11.4 Å². The van der Waals surface area contributed by atoms with E-state index < -0.39 is 13.2 Å². The summed E-state index contributed by atoms with van der Waals surface area (Å²) in [6.45, 7) is 0.0205. The molecule has 0 saturated heterocycles. The van der Waals surface area contributed by atoms with Gasteiger partial charge in [-0.15, -0.1) is 17.0 Å². The predicted molar refractivity (Wildman–Crippen MR) is 261 cm³/mol. The number of aliphatic hydroxyl groups is 1. The molecule has 288 valence electrons. The van der Waals surface area contributed by atoms with Gasteiger partial charge in [0, 0.05) is 11.3 Å². The molecule has 5 N–H and O–H groups in total. The van der Waals surface area contributed by atoms with Crippen molar-refractivity contribution in [1.82, 2.24) is 0 Å². The number of aliphatic hydroxyl groups excluding tert-OH is 1. The number of nitrogen functional groups attached to an aromatic ring is 2. The molecular formula is C50H48Br2N2OP2. The molecule has 0 spiro atoms. The van der Waals surface area contributed by atoms with E-state index in [2.05, 4.69) is 210 Å². The molecule has 8 aromatic carbocycles. The first-order valence-corrected chi connectivity index (χ1v) is 24.3. The van der Waals surface area contributed by atoms with Crippen LogP contribution in [0.15, 0.2) is 231 Å². The average molecular weight is 915 g/mol. The minimum Gasteiger partial charge on any atom is -0.0622 e. The Morgan fingerprint density at radius 3 is 0.930 bits per heavy atom. The number of hydrogen-bond acceptors (Lipinski definition) is 3. The van der Waals surface area contributed by atoms with Gasteiger partial charge >= 0.3 is 175 Å². The summed E-state index contributed by atoms with van der Waals surface area (Å²) in [5, 5.41) is 13.8. The minimum absolute atomic E-state index is 0. The molecule has 8 rings (SSSR count). The van der Waals surface area contributed by atoms with E-state index in [1.807, 2.05) is 24.3 Å². The van der Waals surface area contributed by atoms with Gasteiger partial charge in [0.15, 0.2) is 0 Å².